The van der Waals surface area contributed by atoms with Crippen molar-refractivity contribution in [2.24, 2.45) is 5.92 Å². The Hall–Kier alpha value is -0.630. The van der Waals surface area contributed by atoms with Crippen molar-refractivity contribution in [3.8, 4) is 6.07 Å². The van der Waals surface area contributed by atoms with Gasteiger partial charge in [0.15, 0.2) is 0 Å². The number of allylic oxidation sites excluding steroid dienone is 1. The largest absolute Gasteiger partial charge is 0.377 e. The molecule has 0 saturated carbocycles. The summed E-state index contributed by atoms with van der Waals surface area (Å²) in [6.45, 7) is 1.25. The van der Waals surface area contributed by atoms with Crippen molar-refractivity contribution in [3.05, 3.63) is 45.4 Å². The molecule has 0 aliphatic rings. The highest BCUT2D eigenvalue weighted by Crippen LogP contribution is 2.17. The number of nitrogens with zero attached hydrogens (tertiary/aromatic N) is 1. The van der Waals surface area contributed by atoms with Gasteiger partial charge in [-0.1, -0.05) is 36.4 Å². The molecule has 2 nitrogen and oxygen atoms in total. The molecule has 0 aliphatic heterocycles. The number of hydrogen-bond acceptors (Lipinski definition) is 2. The number of halogens is 2. The molecule has 0 radical (unpaired) electrons. The Labute approximate surface area is 131 Å². The van der Waals surface area contributed by atoms with Crippen LogP contribution >= 0.6 is 31.9 Å². The molecular formula is C15H17Br2NO. The van der Waals surface area contributed by atoms with Crippen LogP contribution in [0.5, 0.6) is 0 Å². The maximum Gasteiger partial charge on any atom is 0.0716 e. The van der Waals surface area contributed by atoms with E-state index < -0.39 is 0 Å². The summed E-state index contributed by atoms with van der Waals surface area (Å²) in [5.41, 5.74) is 1.17. The van der Waals surface area contributed by atoms with Crippen LogP contribution in [0.15, 0.2) is 39.8 Å². The Kier molecular flexibility index (Phi) is 8.81. The second-order valence-corrected chi connectivity index (χ2v) is 7.00. The van der Waals surface area contributed by atoms with Crippen molar-refractivity contribution >= 4 is 31.9 Å². The van der Waals surface area contributed by atoms with Gasteiger partial charge in [0.05, 0.1) is 16.1 Å². The van der Waals surface area contributed by atoms with E-state index in [0.29, 0.717) is 13.2 Å². The van der Waals surface area contributed by atoms with Crippen LogP contribution in [0.4, 0.5) is 0 Å². The lowest BCUT2D eigenvalue weighted by Crippen LogP contribution is -2.03. The van der Waals surface area contributed by atoms with Crippen LogP contribution in [0.2, 0.25) is 0 Å². The summed E-state index contributed by atoms with van der Waals surface area (Å²) in [6.07, 6.45) is 4.57. The van der Waals surface area contributed by atoms with Crippen LogP contribution in [-0.4, -0.2) is 6.61 Å². The van der Waals surface area contributed by atoms with E-state index in [9.17, 15) is 0 Å². The Morgan fingerprint density at radius 1 is 1.26 bits per heavy atom. The Morgan fingerprint density at radius 3 is 2.63 bits per heavy atom. The molecule has 0 bridgehead atoms. The minimum Gasteiger partial charge on any atom is -0.377 e. The third-order valence-corrected chi connectivity index (χ3v) is 3.37. The van der Waals surface area contributed by atoms with Crippen molar-refractivity contribution in [1.29, 1.82) is 5.26 Å². The first kappa shape index (κ1) is 16.4. The molecular weight excluding hydrogens is 370 g/mol. The third kappa shape index (κ3) is 8.20. The summed E-state index contributed by atoms with van der Waals surface area (Å²) < 4.78 is 6.54. The number of nitriles is 1. The van der Waals surface area contributed by atoms with E-state index in [1.807, 2.05) is 36.4 Å². The lowest BCUT2D eigenvalue weighted by molar-refractivity contribution is 0.111. The van der Waals surface area contributed by atoms with Gasteiger partial charge in [0, 0.05) is 12.5 Å². The standard InChI is InChI=1S/C15H17Br2NO/c16-15(17)8-4-7-13(11-18)9-10-19-12-14-5-2-1-3-6-14/h1-3,5-6,8,13H,4,7,9-10,12H2. The SMILES string of the molecule is N#CC(CCC=C(Br)Br)CCOCc1ccccc1. The molecule has 19 heavy (non-hydrogen) atoms. The lowest BCUT2D eigenvalue weighted by Gasteiger charge is -2.08. The quantitative estimate of drug-likeness (QED) is 0.579. The molecule has 4 heteroatoms. The highest BCUT2D eigenvalue weighted by atomic mass is 79.9. The average molecular weight is 387 g/mol. The smallest absolute Gasteiger partial charge is 0.0716 e. The van der Waals surface area contributed by atoms with E-state index in [1.54, 1.807) is 0 Å². The summed E-state index contributed by atoms with van der Waals surface area (Å²) >= 11 is 6.61. The third-order valence-electron chi connectivity index (χ3n) is 2.72. The Morgan fingerprint density at radius 2 is 2.00 bits per heavy atom. The van der Waals surface area contributed by atoms with E-state index in [2.05, 4.69) is 37.9 Å². The van der Waals surface area contributed by atoms with Crippen molar-refractivity contribution in [3.63, 3.8) is 0 Å². The first-order valence-electron chi connectivity index (χ1n) is 6.25. The van der Waals surface area contributed by atoms with Gasteiger partial charge in [-0.2, -0.15) is 5.26 Å². The zero-order chi connectivity index (χ0) is 13.9. The molecule has 0 amide bonds. The monoisotopic (exact) mass is 385 g/mol. The summed E-state index contributed by atoms with van der Waals surface area (Å²) in [7, 11) is 0. The van der Waals surface area contributed by atoms with Gasteiger partial charge in [-0.05, 0) is 56.7 Å². The van der Waals surface area contributed by atoms with Crippen molar-refractivity contribution < 1.29 is 4.74 Å². The molecule has 0 aromatic heterocycles. The van der Waals surface area contributed by atoms with Crippen LogP contribution in [0.1, 0.15) is 24.8 Å². The molecule has 0 aliphatic carbocycles. The molecule has 1 unspecified atom stereocenters. The molecule has 1 rings (SSSR count). The lowest BCUT2D eigenvalue weighted by atomic mass is 10.0. The van der Waals surface area contributed by atoms with Crippen molar-refractivity contribution in [1.82, 2.24) is 0 Å². The number of hydrogen-bond donors (Lipinski definition) is 0. The minimum atomic E-state index is 0.0615. The first-order chi connectivity index (χ1) is 9.22. The first-order valence-corrected chi connectivity index (χ1v) is 7.83. The zero-order valence-corrected chi connectivity index (χ0v) is 13.9. The maximum atomic E-state index is 9.06. The van der Waals surface area contributed by atoms with Gasteiger partial charge in [0.1, 0.15) is 0 Å². The molecule has 0 fully saturated rings. The van der Waals surface area contributed by atoms with Gasteiger partial charge in [-0.3, -0.25) is 0 Å². The number of ether oxygens (including phenoxy) is 1. The molecule has 102 valence electrons. The zero-order valence-electron chi connectivity index (χ0n) is 10.7. The van der Waals surface area contributed by atoms with Crippen LogP contribution in [0, 0.1) is 17.2 Å². The fourth-order valence-corrected chi connectivity index (χ4v) is 2.11. The minimum absolute atomic E-state index is 0.0615. The van der Waals surface area contributed by atoms with Crippen molar-refractivity contribution in [2.45, 2.75) is 25.9 Å². The predicted molar refractivity (Wildman–Crippen MR) is 85.0 cm³/mol. The molecule has 1 atom stereocenters. The van der Waals surface area contributed by atoms with Gasteiger partial charge >= 0.3 is 0 Å². The fraction of sp³-hybridized carbons (Fsp3) is 0.400. The average Bonchev–Trinajstić information content (AvgIpc) is 2.42. The van der Waals surface area contributed by atoms with Crippen molar-refractivity contribution in [2.75, 3.05) is 6.61 Å². The molecule has 1 aromatic rings. The van der Waals surface area contributed by atoms with Gasteiger partial charge in [-0.15, -0.1) is 0 Å². The van der Waals surface area contributed by atoms with E-state index in [0.717, 1.165) is 22.7 Å². The topological polar surface area (TPSA) is 33.0 Å². The molecule has 0 spiro atoms. The summed E-state index contributed by atoms with van der Waals surface area (Å²) in [6, 6.07) is 12.4. The second-order valence-electron chi connectivity index (χ2n) is 4.22. The van der Waals surface area contributed by atoms with Crippen LogP contribution in [0.3, 0.4) is 0 Å². The number of rotatable bonds is 8. The van der Waals surface area contributed by atoms with Gasteiger partial charge in [0.2, 0.25) is 0 Å². The number of benzene rings is 1. The summed E-state index contributed by atoms with van der Waals surface area (Å²) in [5, 5.41) is 9.06. The molecule has 0 heterocycles. The fourth-order valence-electron chi connectivity index (χ4n) is 1.66. The molecule has 0 saturated heterocycles. The maximum absolute atomic E-state index is 9.06. The van der Waals surface area contributed by atoms with Crippen LogP contribution < -0.4 is 0 Å². The van der Waals surface area contributed by atoms with Gasteiger partial charge in [-0.25, -0.2) is 0 Å². The van der Waals surface area contributed by atoms with E-state index >= 15 is 0 Å². The van der Waals surface area contributed by atoms with E-state index in [-0.39, 0.29) is 5.92 Å². The summed E-state index contributed by atoms with van der Waals surface area (Å²) in [5.74, 6) is 0.0615. The van der Waals surface area contributed by atoms with Gasteiger partial charge in [0.25, 0.3) is 0 Å². The van der Waals surface area contributed by atoms with Crippen LogP contribution in [0.25, 0.3) is 0 Å². The Bertz CT molecular complexity index is 422. The van der Waals surface area contributed by atoms with E-state index in [1.165, 1.54) is 5.56 Å². The predicted octanol–water partition coefficient (Wildman–Crippen LogP) is 5.14. The van der Waals surface area contributed by atoms with Gasteiger partial charge < -0.3 is 4.74 Å². The van der Waals surface area contributed by atoms with Crippen LogP contribution in [-0.2, 0) is 11.3 Å². The highest BCUT2D eigenvalue weighted by molar-refractivity contribution is 9.28. The second kappa shape index (κ2) is 10.2. The highest BCUT2D eigenvalue weighted by Gasteiger charge is 2.06. The summed E-state index contributed by atoms with van der Waals surface area (Å²) in [4.78, 5) is 0. The van der Waals surface area contributed by atoms with E-state index in [4.69, 9.17) is 10.00 Å². The Balaban J connectivity index is 2.16. The molecule has 0 N–H and O–H groups in total. The molecule has 1 aromatic carbocycles. The normalized spacial score (nSPS) is 11.6.